The molecule has 146 valence electrons. The van der Waals surface area contributed by atoms with Crippen molar-refractivity contribution in [1.82, 2.24) is 14.5 Å². The zero-order valence-corrected chi connectivity index (χ0v) is 16.1. The Morgan fingerprint density at radius 3 is 2.57 bits per heavy atom. The summed E-state index contributed by atoms with van der Waals surface area (Å²) in [7, 11) is 3.21. The number of imidazole rings is 1. The summed E-state index contributed by atoms with van der Waals surface area (Å²) >= 11 is 0. The molecule has 4 rings (SSSR count). The van der Waals surface area contributed by atoms with Crippen molar-refractivity contribution in [3.63, 3.8) is 0 Å². The summed E-state index contributed by atoms with van der Waals surface area (Å²) in [4.78, 5) is 19.5. The molecule has 2 heterocycles. The lowest BCUT2D eigenvalue weighted by Gasteiger charge is -2.27. The smallest absolute Gasteiger partial charge is 0.242 e. The first-order valence-corrected chi connectivity index (χ1v) is 9.24. The van der Waals surface area contributed by atoms with Gasteiger partial charge in [-0.05, 0) is 30.3 Å². The summed E-state index contributed by atoms with van der Waals surface area (Å²) in [6, 6.07) is 13.5. The number of amides is 1. The van der Waals surface area contributed by atoms with Crippen LogP contribution in [0.25, 0.3) is 22.4 Å². The number of para-hydroxylation sites is 2. The van der Waals surface area contributed by atoms with Gasteiger partial charge in [0.15, 0.2) is 11.5 Å². The van der Waals surface area contributed by atoms with Gasteiger partial charge < -0.3 is 23.7 Å². The van der Waals surface area contributed by atoms with Crippen LogP contribution >= 0.6 is 0 Å². The number of nitrogens with zero attached hydrogens (tertiary/aromatic N) is 3. The zero-order valence-electron chi connectivity index (χ0n) is 16.1. The van der Waals surface area contributed by atoms with Gasteiger partial charge in [-0.15, -0.1) is 0 Å². The maximum Gasteiger partial charge on any atom is 0.242 e. The van der Waals surface area contributed by atoms with Gasteiger partial charge in [-0.2, -0.15) is 0 Å². The second-order valence-corrected chi connectivity index (χ2v) is 6.57. The maximum absolute atomic E-state index is 12.9. The largest absolute Gasteiger partial charge is 0.493 e. The summed E-state index contributed by atoms with van der Waals surface area (Å²) in [5, 5.41) is 0. The van der Waals surface area contributed by atoms with Gasteiger partial charge in [0.25, 0.3) is 0 Å². The number of carbonyl (C=O) groups excluding carboxylic acids is 1. The molecule has 2 aromatic carbocycles. The molecule has 1 fully saturated rings. The van der Waals surface area contributed by atoms with Gasteiger partial charge in [-0.3, -0.25) is 4.79 Å². The van der Waals surface area contributed by atoms with Crippen LogP contribution in [-0.2, 0) is 16.1 Å². The zero-order chi connectivity index (χ0) is 19.5. The van der Waals surface area contributed by atoms with E-state index in [4.69, 9.17) is 19.2 Å². The van der Waals surface area contributed by atoms with Crippen LogP contribution in [0.1, 0.15) is 0 Å². The summed E-state index contributed by atoms with van der Waals surface area (Å²) in [5.41, 5.74) is 2.64. The minimum absolute atomic E-state index is 0.0631. The number of carbonyl (C=O) groups is 1. The Kier molecular flexibility index (Phi) is 5.16. The number of morpholine rings is 1. The second kappa shape index (κ2) is 7.90. The van der Waals surface area contributed by atoms with Crippen LogP contribution < -0.4 is 9.47 Å². The van der Waals surface area contributed by atoms with Crippen LogP contribution in [0.3, 0.4) is 0 Å². The van der Waals surface area contributed by atoms with Gasteiger partial charge in [0.05, 0.1) is 38.5 Å². The molecular weight excluding hydrogens is 358 g/mol. The molecule has 1 aliphatic rings. The summed E-state index contributed by atoms with van der Waals surface area (Å²) in [5.74, 6) is 2.06. The molecule has 0 N–H and O–H groups in total. The lowest BCUT2D eigenvalue weighted by molar-refractivity contribution is -0.135. The van der Waals surface area contributed by atoms with Crippen LogP contribution in [-0.4, -0.2) is 60.9 Å². The molecule has 0 aliphatic carbocycles. The van der Waals surface area contributed by atoms with Crippen molar-refractivity contribution in [2.75, 3.05) is 40.5 Å². The number of hydrogen-bond acceptors (Lipinski definition) is 5. The van der Waals surface area contributed by atoms with Gasteiger partial charge in [0, 0.05) is 18.7 Å². The fraction of sp³-hybridized carbons (Fsp3) is 0.333. The third-order valence-electron chi connectivity index (χ3n) is 4.95. The molecule has 3 aromatic rings. The van der Waals surface area contributed by atoms with Crippen LogP contribution in [0.2, 0.25) is 0 Å². The summed E-state index contributed by atoms with van der Waals surface area (Å²) in [6.45, 7) is 2.64. The Bertz CT molecular complexity index is 992. The lowest BCUT2D eigenvalue weighted by Crippen LogP contribution is -2.42. The molecule has 0 atom stereocenters. The van der Waals surface area contributed by atoms with E-state index in [1.54, 1.807) is 14.2 Å². The molecule has 0 bridgehead atoms. The van der Waals surface area contributed by atoms with Gasteiger partial charge in [-0.25, -0.2) is 4.98 Å². The number of fused-ring (bicyclic) bond motifs is 1. The highest BCUT2D eigenvalue weighted by Gasteiger charge is 2.21. The first kappa shape index (κ1) is 18.3. The van der Waals surface area contributed by atoms with Crippen molar-refractivity contribution in [3.8, 4) is 22.9 Å². The Balaban J connectivity index is 1.76. The van der Waals surface area contributed by atoms with E-state index in [0.29, 0.717) is 37.8 Å². The minimum atomic E-state index is 0.0631. The first-order valence-electron chi connectivity index (χ1n) is 9.24. The van der Waals surface area contributed by atoms with E-state index >= 15 is 0 Å². The Labute approximate surface area is 163 Å². The Hall–Kier alpha value is -3.06. The Morgan fingerprint density at radius 2 is 1.82 bits per heavy atom. The molecule has 1 amide bonds. The lowest BCUT2D eigenvalue weighted by atomic mass is 10.2. The third kappa shape index (κ3) is 3.41. The van der Waals surface area contributed by atoms with Crippen molar-refractivity contribution in [2.45, 2.75) is 6.54 Å². The molecule has 0 spiro atoms. The van der Waals surface area contributed by atoms with Crippen molar-refractivity contribution in [2.24, 2.45) is 0 Å². The van der Waals surface area contributed by atoms with Crippen LogP contribution in [0.4, 0.5) is 0 Å². The van der Waals surface area contributed by atoms with Gasteiger partial charge in [0.1, 0.15) is 12.4 Å². The number of hydrogen-bond donors (Lipinski definition) is 0. The van der Waals surface area contributed by atoms with Crippen molar-refractivity contribution >= 4 is 16.9 Å². The molecular formula is C21H23N3O4. The molecule has 7 nitrogen and oxygen atoms in total. The minimum Gasteiger partial charge on any atom is -0.493 e. The normalized spacial score (nSPS) is 14.3. The standard InChI is InChI=1S/C21H23N3O4/c1-26-18-8-7-15(13-19(18)27-2)21-22-16-5-3-4-6-17(16)24(21)14-20(25)23-9-11-28-12-10-23/h3-8,13H,9-12,14H2,1-2H3. The van der Waals surface area contributed by atoms with E-state index < -0.39 is 0 Å². The molecule has 0 saturated carbocycles. The van der Waals surface area contributed by atoms with Gasteiger partial charge in [0.2, 0.25) is 5.91 Å². The predicted molar refractivity (Wildman–Crippen MR) is 106 cm³/mol. The highest BCUT2D eigenvalue weighted by molar-refractivity contribution is 5.85. The average Bonchev–Trinajstić information content (AvgIpc) is 3.12. The average molecular weight is 381 g/mol. The van der Waals surface area contributed by atoms with Gasteiger partial charge in [-0.1, -0.05) is 12.1 Å². The topological polar surface area (TPSA) is 65.8 Å². The summed E-state index contributed by atoms with van der Waals surface area (Å²) < 4.78 is 18.1. The molecule has 1 aliphatic heterocycles. The molecule has 1 saturated heterocycles. The second-order valence-electron chi connectivity index (χ2n) is 6.57. The van der Waals surface area contributed by atoms with Crippen molar-refractivity contribution in [3.05, 3.63) is 42.5 Å². The molecule has 7 heteroatoms. The number of benzene rings is 2. The summed E-state index contributed by atoms with van der Waals surface area (Å²) in [6.07, 6.45) is 0. The molecule has 1 aromatic heterocycles. The third-order valence-corrected chi connectivity index (χ3v) is 4.95. The monoisotopic (exact) mass is 381 g/mol. The number of methoxy groups -OCH3 is 2. The van der Waals surface area contributed by atoms with Gasteiger partial charge >= 0.3 is 0 Å². The van der Waals surface area contributed by atoms with Crippen LogP contribution in [0.15, 0.2) is 42.5 Å². The predicted octanol–water partition coefficient (Wildman–Crippen LogP) is 2.58. The van der Waals surface area contributed by atoms with Crippen LogP contribution in [0, 0.1) is 0 Å². The van der Waals surface area contributed by atoms with E-state index in [-0.39, 0.29) is 12.5 Å². The molecule has 28 heavy (non-hydrogen) atoms. The van der Waals surface area contributed by atoms with E-state index in [1.165, 1.54) is 0 Å². The SMILES string of the molecule is COc1ccc(-c2nc3ccccc3n2CC(=O)N2CCOCC2)cc1OC. The quantitative estimate of drug-likeness (QED) is 0.680. The maximum atomic E-state index is 12.9. The van der Waals surface area contributed by atoms with E-state index in [9.17, 15) is 4.79 Å². The molecule has 0 unspecified atom stereocenters. The number of aromatic nitrogens is 2. The highest BCUT2D eigenvalue weighted by Crippen LogP contribution is 2.33. The van der Waals surface area contributed by atoms with E-state index in [2.05, 4.69) is 0 Å². The van der Waals surface area contributed by atoms with Crippen molar-refractivity contribution < 1.29 is 19.0 Å². The molecule has 0 radical (unpaired) electrons. The van der Waals surface area contributed by atoms with Crippen molar-refractivity contribution in [1.29, 1.82) is 0 Å². The van der Waals surface area contributed by atoms with E-state index in [1.807, 2.05) is 51.9 Å². The highest BCUT2D eigenvalue weighted by atomic mass is 16.5. The van der Waals surface area contributed by atoms with E-state index in [0.717, 1.165) is 22.4 Å². The Morgan fingerprint density at radius 1 is 1.07 bits per heavy atom. The number of ether oxygens (including phenoxy) is 3. The fourth-order valence-corrected chi connectivity index (χ4v) is 3.48. The fourth-order valence-electron chi connectivity index (χ4n) is 3.48. The van der Waals surface area contributed by atoms with Crippen LogP contribution in [0.5, 0.6) is 11.5 Å². The number of rotatable bonds is 5. The first-order chi connectivity index (χ1) is 13.7.